The Labute approximate surface area is 150 Å². The molecule has 0 fully saturated rings. The first-order valence-corrected chi connectivity index (χ1v) is 9.16. The number of phenolic OH excluding ortho intramolecular Hbond substituents is 1. The fourth-order valence-corrected chi connectivity index (χ4v) is 3.34. The van der Waals surface area contributed by atoms with E-state index in [0.29, 0.717) is 0 Å². The smallest absolute Gasteiger partial charge is 0.241 e. The van der Waals surface area contributed by atoms with Gasteiger partial charge >= 0.3 is 0 Å². The number of sulfonamides is 1. The Morgan fingerprint density at radius 1 is 0.962 bits per heavy atom. The maximum absolute atomic E-state index is 13.3. The zero-order valence-corrected chi connectivity index (χ0v) is 14.4. The zero-order valence-electron chi connectivity index (χ0n) is 13.6. The van der Waals surface area contributed by atoms with Crippen LogP contribution in [0.15, 0.2) is 71.9 Å². The monoisotopic (exact) mass is 373 g/mol. The lowest BCUT2D eigenvalue weighted by Crippen LogP contribution is -2.23. The molecule has 1 heterocycles. The van der Waals surface area contributed by atoms with Gasteiger partial charge in [0.15, 0.2) is 0 Å². The lowest BCUT2D eigenvalue weighted by molar-refractivity contribution is 0.466. The van der Waals surface area contributed by atoms with Crippen LogP contribution >= 0.6 is 0 Å². The van der Waals surface area contributed by atoms with Crippen LogP contribution in [0.3, 0.4) is 0 Å². The van der Waals surface area contributed by atoms with E-state index in [1.54, 1.807) is 24.5 Å². The Morgan fingerprint density at radius 3 is 2.27 bits per heavy atom. The molecule has 0 bridgehead atoms. The summed E-state index contributed by atoms with van der Waals surface area (Å²) in [5.74, 6) is -1.27. The number of aromatic hydroxyl groups is 1. The summed E-state index contributed by atoms with van der Waals surface area (Å²) in [5, 5.41) is 12.5. The molecule has 3 rings (SSSR count). The lowest BCUT2D eigenvalue weighted by Gasteiger charge is -2.09. The first-order chi connectivity index (χ1) is 12.4. The molecule has 0 spiro atoms. The molecule has 6 nitrogen and oxygen atoms in total. The molecule has 0 unspecified atom stereocenters. The van der Waals surface area contributed by atoms with Crippen molar-refractivity contribution in [2.45, 2.75) is 11.4 Å². The molecule has 2 aromatic carbocycles. The molecule has 0 saturated heterocycles. The summed E-state index contributed by atoms with van der Waals surface area (Å²) in [5.41, 5.74) is 2.46. The quantitative estimate of drug-likeness (QED) is 0.617. The second-order valence-electron chi connectivity index (χ2n) is 5.53. The number of nitrogens with one attached hydrogen (secondary N) is 2. The van der Waals surface area contributed by atoms with Gasteiger partial charge in [-0.3, -0.25) is 4.98 Å². The molecule has 3 N–H and O–H groups in total. The van der Waals surface area contributed by atoms with Gasteiger partial charge in [0.1, 0.15) is 11.6 Å². The number of anilines is 2. The van der Waals surface area contributed by atoms with Gasteiger partial charge in [-0.1, -0.05) is 12.1 Å². The van der Waals surface area contributed by atoms with Crippen molar-refractivity contribution in [2.75, 3.05) is 5.32 Å². The number of pyridine rings is 1. The van der Waals surface area contributed by atoms with Gasteiger partial charge in [-0.25, -0.2) is 17.5 Å². The highest BCUT2D eigenvalue weighted by Crippen LogP contribution is 2.20. The molecule has 0 amide bonds. The third-order valence-corrected chi connectivity index (χ3v) is 4.94. The first kappa shape index (κ1) is 17.8. The van der Waals surface area contributed by atoms with Crippen molar-refractivity contribution in [3.05, 3.63) is 78.4 Å². The van der Waals surface area contributed by atoms with Crippen molar-refractivity contribution in [1.29, 1.82) is 0 Å². The predicted molar refractivity (Wildman–Crippen MR) is 96.1 cm³/mol. The first-order valence-electron chi connectivity index (χ1n) is 7.68. The van der Waals surface area contributed by atoms with Crippen LogP contribution in [-0.4, -0.2) is 18.5 Å². The van der Waals surface area contributed by atoms with Gasteiger partial charge in [-0.15, -0.1) is 0 Å². The predicted octanol–water partition coefficient (Wildman–Crippen LogP) is 3.15. The summed E-state index contributed by atoms with van der Waals surface area (Å²) < 4.78 is 40.1. The Bertz CT molecular complexity index is 974. The van der Waals surface area contributed by atoms with Crippen LogP contribution in [0.25, 0.3) is 0 Å². The van der Waals surface area contributed by atoms with Crippen molar-refractivity contribution in [1.82, 2.24) is 9.71 Å². The van der Waals surface area contributed by atoms with E-state index in [2.05, 4.69) is 15.0 Å². The van der Waals surface area contributed by atoms with Crippen molar-refractivity contribution < 1.29 is 17.9 Å². The maximum Gasteiger partial charge on any atom is 0.241 e. The molecular weight excluding hydrogens is 357 g/mol. The lowest BCUT2D eigenvalue weighted by atomic mass is 10.2. The van der Waals surface area contributed by atoms with Gasteiger partial charge in [0.05, 0.1) is 4.90 Å². The molecule has 0 saturated carbocycles. The maximum atomic E-state index is 13.3. The van der Waals surface area contributed by atoms with Crippen LogP contribution in [0.1, 0.15) is 5.56 Å². The highest BCUT2D eigenvalue weighted by atomic mass is 32.2. The average Bonchev–Trinajstić information content (AvgIpc) is 2.61. The van der Waals surface area contributed by atoms with Crippen LogP contribution in [0.5, 0.6) is 5.75 Å². The van der Waals surface area contributed by atoms with Crippen molar-refractivity contribution in [3.63, 3.8) is 0 Å². The number of hydrogen-bond donors (Lipinski definition) is 3. The number of benzene rings is 2. The highest BCUT2D eigenvalue weighted by Gasteiger charge is 2.16. The minimum atomic E-state index is -3.93. The topological polar surface area (TPSA) is 91.3 Å². The summed E-state index contributed by atoms with van der Waals surface area (Å²) in [4.78, 5) is 3.61. The van der Waals surface area contributed by atoms with E-state index < -0.39 is 21.6 Å². The molecular formula is C18H16FN3O3S. The van der Waals surface area contributed by atoms with Crippen LogP contribution in [0.2, 0.25) is 0 Å². The summed E-state index contributed by atoms with van der Waals surface area (Å²) >= 11 is 0. The van der Waals surface area contributed by atoms with Gasteiger partial charge in [0.25, 0.3) is 0 Å². The summed E-state index contributed by atoms with van der Waals surface area (Å²) in [6.07, 6.45) is 3.35. The van der Waals surface area contributed by atoms with Gasteiger partial charge in [0.2, 0.25) is 10.0 Å². The number of nitrogens with zero attached hydrogens (tertiary/aromatic N) is 1. The van der Waals surface area contributed by atoms with E-state index in [4.69, 9.17) is 0 Å². The van der Waals surface area contributed by atoms with Gasteiger partial charge < -0.3 is 10.4 Å². The van der Waals surface area contributed by atoms with E-state index in [9.17, 15) is 17.9 Å². The minimum Gasteiger partial charge on any atom is -0.508 e. The highest BCUT2D eigenvalue weighted by molar-refractivity contribution is 7.89. The zero-order chi connectivity index (χ0) is 18.6. The fraction of sp³-hybridized carbons (Fsp3) is 0.0556. The minimum absolute atomic E-state index is 0.0369. The summed E-state index contributed by atoms with van der Waals surface area (Å²) in [7, 11) is -3.93. The molecule has 0 aliphatic heterocycles. The number of rotatable bonds is 6. The Kier molecular flexibility index (Phi) is 5.15. The number of phenols is 1. The fourth-order valence-electron chi connectivity index (χ4n) is 2.27. The third-order valence-electron chi connectivity index (χ3n) is 3.56. The molecule has 8 heteroatoms. The van der Waals surface area contributed by atoms with Crippen LogP contribution in [0, 0.1) is 5.82 Å². The molecule has 0 radical (unpaired) electrons. The SMILES string of the molecule is O=S(=O)(NCc1ccc(Nc2ccncc2)cc1)c1cc(O)cc(F)c1. The molecule has 3 aromatic rings. The second kappa shape index (κ2) is 7.51. The molecule has 0 aliphatic rings. The number of halogens is 1. The van der Waals surface area contributed by atoms with E-state index in [0.717, 1.165) is 35.1 Å². The Balaban J connectivity index is 1.66. The van der Waals surface area contributed by atoms with Gasteiger partial charge in [0, 0.05) is 42.4 Å². The van der Waals surface area contributed by atoms with Crippen LogP contribution < -0.4 is 10.0 Å². The van der Waals surface area contributed by atoms with Crippen LogP contribution in [0.4, 0.5) is 15.8 Å². The average molecular weight is 373 g/mol. The van der Waals surface area contributed by atoms with Crippen molar-refractivity contribution >= 4 is 21.4 Å². The van der Waals surface area contributed by atoms with Gasteiger partial charge in [-0.05, 0) is 35.9 Å². The Morgan fingerprint density at radius 2 is 1.62 bits per heavy atom. The molecule has 1 aromatic heterocycles. The largest absolute Gasteiger partial charge is 0.508 e. The van der Waals surface area contributed by atoms with Crippen LogP contribution in [-0.2, 0) is 16.6 Å². The van der Waals surface area contributed by atoms with Gasteiger partial charge in [-0.2, -0.15) is 0 Å². The second-order valence-corrected chi connectivity index (χ2v) is 7.29. The van der Waals surface area contributed by atoms with E-state index in [1.165, 1.54) is 0 Å². The summed E-state index contributed by atoms with van der Waals surface area (Å²) in [6.45, 7) is 0.0369. The summed E-state index contributed by atoms with van der Waals surface area (Å²) in [6, 6.07) is 13.5. The standard InChI is InChI=1S/C18H16FN3O3S/c19-14-9-17(23)11-18(10-14)26(24,25)21-12-13-1-3-15(4-2-13)22-16-5-7-20-8-6-16/h1-11,21,23H,12H2,(H,20,22). The van der Waals surface area contributed by atoms with Crippen molar-refractivity contribution in [3.8, 4) is 5.75 Å². The molecule has 26 heavy (non-hydrogen) atoms. The number of hydrogen-bond acceptors (Lipinski definition) is 5. The number of aromatic nitrogens is 1. The van der Waals surface area contributed by atoms with E-state index in [1.807, 2.05) is 24.3 Å². The van der Waals surface area contributed by atoms with E-state index in [-0.39, 0.29) is 11.4 Å². The normalized spacial score (nSPS) is 11.3. The molecule has 0 atom stereocenters. The molecule has 134 valence electrons. The van der Waals surface area contributed by atoms with E-state index >= 15 is 0 Å². The Hall–Kier alpha value is -2.97. The van der Waals surface area contributed by atoms with Crippen molar-refractivity contribution in [2.24, 2.45) is 0 Å². The molecule has 0 aliphatic carbocycles. The third kappa shape index (κ3) is 4.56.